The van der Waals surface area contributed by atoms with Crippen molar-refractivity contribution in [2.45, 2.75) is 13.1 Å². The molecule has 0 spiro atoms. The van der Waals surface area contributed by atoms with Crippen molar-refractivity contribution >= 4 is 34.2 Å². The van der Waals surface area contributed by atoms with Crippen LogP contribution in [0, 0.1) is 0 Å². The zero-order chi connectivity index (χ0) is 19.7. The maximum absolute atomic E-state index is 13.2. The van der Waals surface area contributed by atoms with Crippen molar-refractivity contribution in [2.75, 3.05) is 0 Å². The SMILES string of the molecule is O=c1c2ncccc2n(Cc2ccc(Cl)c(Cl)c2)c(=O)n1Cc1ccncc1. The second-order valence-corrected chi connectivity index (χ2v) is 7.05. The van der Waals surface area contributed by atoms with E-state index in [0.29, 0.717) is 15.6 Å². The third-order valence-corrected chi connectivity index (χ3v) is 5.14. The van der Waals surface area contributed by atoms with Gasteiger partial charge in [-0.05, 0) is 47.5 Å². The Labute approximate surface area is 169 Å². The molecule has 0 fully saturated rings. The van der Waals surface area contributed by atoms with Crippen molar-refractivity contribution in [3.8, 4) is 0 Å². The van der Waals surface area contributed by atoms with E-state index in [-0.39, 0.29) is 18.6 Å². The smallest absolute Gasteiger partial charge is 0.287 e. The lowest BCUT2D eigenvalue weighted by Gasteiger charge is -2.14. The van der Waals surface area contributed by atoms with Crippen LogP contribution < -0.4 is 11.2 Å². The van der Waals surface area contributed by atoms with Crippen LogP contribution in [0.25, 0.3) is 11.0 Å². The fraction of sp³-hybridized carbons (Fsp3) is 0.100. The average molecular weight is 413 g/mol. The van der Waals surface area contributed by atoms with Crippen LogP contribution in [0.1, 0.15) is 11.1 Å². The molecule has 0 aliphatic heterocycles. The molecule has 6 nitrogen and oxygen atoms in total. The van der Waals surface area contributed by atoms with Gasteiger partial charge in [-0.3, -0.25) is 18.9 Å². The molecule has 0 aliphatic rings. The molecule has 1 aromatic carbocycles. The van der Waals surface area contributed by atoms with Gasteiger partial charge in [-0.1, -0.05) is 29.3 Å². The highest BCUT2D eigenvalue weighted by atomic mass is 35.5. The van der Waals surface area contributed by atoms with E-state index in [1.807, 2.05) is 0 Å². The van der Waals surface area contributed by atoms with E-state index in [0.717, 1.165) is 11.1 Å². The number of hydrogen-bond acceptors (Lipinski definition) is 4. The summed E-state index contributed by atoms with van der Waals surface area (Å²) >= 11 is 12.1. The molecule has 0 N–H and O–H groups in total. The highest BCUT2D eigenvalue weighted by Gasteiger charge is 2.15. The van der Waals surface area contributed by atoms with Gasteiger partial charge >= 0.3 is 5.69 Å². The Bertz CT molecular complexity index is 1280. The number of benzene rings is 1. The van der Waals surface area contributed by atoms with Gasteiger partial charge in [-0.15, -0.1) is 0 Å². The quantitative estimate of drug-likeness (QED) is 0.515. The summed E-state index contributed by atoms with van der Waals surface area (Å²) in [6.07, 6.45) is 4.77. The third-order valence-electron chi connectivity index (χ3n) is 4.40. The molecular weight excluding hydrogens is 399 g/mol. The number of nitrogens with zero attached hydrogens (tertiary/aromatic N) is 4. The van der Waals surface area contributed by atoms with Gasteiger partial charge < -0.3 is 0 Å². The minimum absolute atomic E-state index is 0.133. The molecular formula is C20H14Cl2N4O2. The van der Waals surface area contributed by atoms with Crippen LogP contribution >= 0.6 is 23.2 Å². The normalized spacial score (nSPS) is 11.1. The van der Waals surface area contributed by atoms with Gasteiger partial charge in [0.15, 0.2) is 5.52 Å². The molecule has 0 unspecified atom stereocenters. The zero-order valence-electron chi connectivity index (χ0n) is 14.5. The Morgan fingerprint density at radius 2 is 1.57 bits per heavy atom. The van der Waals surface area contributed by atoms with Gasteiger partial charge in [-0.2, -0.15) is 0 Å². The number of fused-ring (bicyclic) bond motifs is 1. The first kappa shape index (κ1) is 18.4. The second-order valence-electron chi connectivity index (χ2n) is 6.24. The summed E-state index contributed by atoms with van der Waals surface area (Å²) in [5.74, 6) is 0. The highest BCUT2D eigenvalue weighted by molar-refractivity contribution is 6.42. The van der Waals surface area contributed by atoms with Crippen molar-refractivity contribution in [3.05, 3.63) is 103 Å². The first-order chi connectivity index (χ1) is 13.5. The summed E-state index contributed by atoms with van der Waals surface area (Å²) in [6.45, 7) is 0.364. The van der Waals surface area contributed by atoms with Gasteiger partial charge in [0, 0.05) is 18.6 Å². The minimum atomic E-state index is -0.428. The van der Waals surface area contributed by atoms with Crippen LogP contribution in [0.4, 0.5) is 0 Å². The Morgan fingerprint density at radius 3 is 2.32 bits per heavy atom. The van der Waals surface area contributed by atoms with Gasteiger partial charge in [-0.25, -0.2) is 9.78 Å². The van der Waals surface area contributed by atoms with Crippen LogP contribution in [0.2, 0.25) is 10.0 Å². The maximum atomic E-state index is 13.2. The molecule has 8 heteroatoms. The van der Waals surface area contributed by atoms with Crippen LogP contribution in [0.5, 0.6) is 0 Å². The summed E-state index contributed by atoms with van der Waals surface area (Å²) < 4.78 is 2.70. The van der Waals surface area contributed by atoms with Crippen LogP contribution in [0.3, 0.4) is 0 Å². The Balaban J connectivity index is 1.90. The fourth-order valence-corrected chi connectivity index (χ4v) is 3.35. The fourth-order valence-electron chi connectivity index (χ4n) is 3.03. The number of aromatic nitrogens is 4. The maximum Gasteiger partial charge on any atom is 0.332 e. The largest absolute Gasteiger partial charge is 0.332 e. The van der Waals surface area contributed by atoms with E-state index in [9.17, 15) is 9.59 Å². The average Bonchev–Trinajstić information content (AvgIpc) is 2.72. The lowest BCUT2D eigenvalue weighted by molar-refractivity contribution is 0.633. The summed E-state index contributed by atoms with van der Waals surface area (Å²) in [5.41, 5.74) is 1.43. The van der Waals surface area contributed by atoms with Crippen molar-refractivity contribution in [2.24, 2.45) is 0 Å². The molecule has 0 saturated heterocycles. The summed E-state index contributed by atoms with van der Waals surface area (Å²) in [4.78, 5) is 34.2. The Hall–Kier alpha value is -2.96. The molecule has 0 aliphatic carbocycles. The summed E-state index contributed by atoms with van der Waals surface area (Å²) in [6, 6.07) is 12.1. The molecule has 4 rings (SSSR count). The molecule has 0 atom stereocenters. The first-order valence-corrected chi connectivity index (χ1v) is 9.21. The van der Waals surface area contributed by atoms with E-state index in [1.165, 1.54) is 15.3 Å². The molecule has 3 heterocycles. The zero-order valence-corrected chi connectivity index (χ0v) is 16.1. The number of halogens is 2. The number of hydrogen-bond donors (Lipinski definition) is 0. The lowest BCUT2D eigenvalue weighted by Crippen LogP contribution is -2.40. The molecule has 3 aromatic heterocycles. The van der Waals surface area contributed by atoms with Crippen LogP contribution in [0.15, 0.2) is 70.6 Å². The van der Waals surface area contributed by atoms with Crippen molar-refractivity contribution < 1.29 is 0 Å². The summed E-state index contributed by atoms with van der Waals surface area (Å²) in [7, 11) is 0. The Morgan fingerprint density at radius 1 is 0.821 bits per heavy atom. The monoisotopic (exact) mass is 412 g/mol. The molecule has 0 radical (unpaired) electrons. The molecule has 28 heavy (non-hydrogen) atoms. The first-order valence-electron chi connectivity index (χ1n) is 8.46. The van der Waals surface area contributed by atoms with Gasteiger partial charge in [0.1, 0.15) is 0 Å². The van der Waals surface area contributed by atoms with Gasteiger partial charge in [0.25, 0.3) is 5.56 Å². The molecule has 140 valence electrons. The topological polar surface area (TPSA) is 69.8 Å². The standard InChI is InChI=1S/C20H14Cl2N4O2/c21-15-4-3-14(10-16(15)22)12-25-17-2-1-7-24-18(17)19(27)26(20(25)28)11-13-5-8-23-9-6-13/h1-10H,11-12H2. The number of rotatable bonds is 4. The van der Waals surface area contributed by atoms with Crippen molar-refractivity contribution in [1.82, 2.24) is 19.1 Å². The predicted molar refractivity (Wildman–Crippen MR) is 109 cm³/mol. The van der Waals surface area contributed by atoms with Crippen LogP contribution in [-0.4, -0.2) is 19.1 Å². The summed E-state index contributed by atoms with van der Waals surface area (Å²) in [5, 5.41) is 0.840. The molecule has 0 saturated carbocycles. The van der Waals surface area contributed by atoms with Crippen LogP contribution in [-0.2, 0) is 13.1 Å². The predicted octanol–water partition coefficient (Wildman–Crippen LogP) is 3.36. The highest BCUT2D eigenvalue weighted by Crippen LogP contribution is 2.23. The van der Waals surface area contributed by atoms with E-state index < -0.39 is 11.2 Å². The van der Waals surface area contributed by atoms with Crippen molar-refractivity contribution in [1.29, 1.82) is 0 Å². The third kappa shape index (κ3) is 3.44. The minimum Gasteiger partial charge on any atom is -0.287 e. The van der Waals surface area contributed by atoms with E-state index in [4.69, 9.17) is 23.2 Å². The van der Waals surface area contributed by atoms with Gasteiger partial charge in [0.2, 0.25) is 0 Å². The molecule has 0 amide bonds. The van der Waals surface area contributed by atoms with Gasteiger partial charge in [0.05, 0.1) is 28.7 Å². The second kappa shape index (κ2) is 7.58. The van der Waals surface area contributed by atoms with Crippen molar-refractivity contribution in [3.63, 3.8) is 0 Å². The lowest BCUT2D eigenvalue weighted by atomic mass is 10.2. The number of pyridine rings is 2. The van der Waals surface area contributed by atoms with E-state index in [2.05, 4.69) is 9.97 Å². The molecule has 0 bridgehead atoms. The van der Waals surface area contributed by atoms with E-state index in [1.54, 1.807) is 54.9 Å². The van der Waals surface area contributed by atoms with E-state index >= 15 is 0 Å². The Kier molecular flexibility index (Phi) is 4.98. The molecule has 4 aromatic rings.